The number of carbonyl (C=O) groups is 1. The van der Waals surface area contributed by atoms with Crippen molar-refractivity contribution in [2.24, 2.45) is 5.84 Å². The predicted molar refractivity (Wildman–Crippen MR) is 72.9 cm³/mol. The number of nitrogens with one attached hydrogen (secondary N) is 2. The van der Waals surface area contributed by atoms with Crippen molar-refractivity contribution in [3.63, 3.8) is 0 Å². The summed E-state index contributed by atoms with van der Waals surface area (Å²) in [4.78, 5) is 21.7. The van der Waals surface area contributed by atoms with Crippen molar-refractivity contribution in [3.8, 4) is 0 Å². The number of hydrogen-bond acceptors (Lipinski definition) is 7. The van der Waals surface area contributed by atoms with Gasteiger partial charge in [-0.25, -0.2) is 12.8 Å². The number of carbonyl (C=O) groups excluding carboxylic acids is 1. The number of amides is 1. The first-order valence-corrected chi connectivity index (χ1v) is 7.62. The minimum absolute atomic E-state index is 0.225. The summed E-state index contributed by atoms with van der Waals surface area (Å²) in [5, 5.41) is 13.0. The third kappa shape index (κ3) is 4.65. The fraction of sp³-hybridized carbons (Fsp3) is 0.300. The second kappa shape index (κ2) is 6.45. The number of nitro groups is 1. The molecule has 21 heavy (non-hydrogen) atoms. The Morgan fingerprint density at radius 1 is 1.48 bits per heavy atom. The van der Waals surface area contributed by atoms with E-state index in [4.69, 9.17) is 5.84 Å². The summed E-state index contributed by atoms with van der Waals surface area (Å²) in [5.41, 5.74) is 0.491. The average molecular weight is 320 g/mol. The van der Waals surface area contributed by atoms with Crippen LogP contribution in [0.3, 0.4) is 0 Å². The number of sulfone groups is 1. The van der Waals surface area contributed by atoms with Gasteiger partial charge in [0.1, 0.15) is 15.4 Å². The maximum absolute atomic E-state index is 13.4. The van der Waals surface area contributed by atoms with E-state index in [1.807, 2.05) is 5.43 Å². The topological polar surface area (TPSA) is 144 Å². The predicted octanol–water partition coefficient (Wildman–Crippen LogP) is -0.206. The van der Waals surface area contributed by atoms with Crippen molar-refractivity contribution in [2.75, 3.05) is 24.0 Å². The van der Waals surface area contributed by atoms with Crippen molar-refractivity contribution in [2.45, 2.75) is 0 Å². The van der Waals surface area contributed by atoms with E-state index in [1.165, 1.54) is 0 Å². The molecule has 0 aliphatic heterocycles. The van der Waals surface area contributed by atoms with Gasteiger partial charge in [0.25, 0.3) is 11.6 Å². The molecule has 1 aromatic rings. The Bertz CT molecular complexity index is 676. The third-order valence-corrected chi connectivity index (χ3v) is 3.39. The maximum atomic E-state index is 13.4. The van der Waals surface area contributed by atoms with Crippen molar-refractivity contribution in [1.29, 1.82) is 0 Å². The molecule has 0 aliphatic rings. The molecule has 9 nitrogen and oxygen atoms in total. The zero-order valence-corrected chi connectivity index (χ0v) is 11.7. The van der Waals surface area contributed by atoms with Crippen LogP contribution in [0.25, 0.3) is 0 Å². The summed E-state index contributed by atoms with van der Waals surface area (Å²) in [5.74, 6) is 2.82. The molecule has 0 aromatic heterocycles. The number of nitrogens with zero attached hydrogens (tertiary/aromatic N) is 1. The van der Waals surface area contributed by atoms with Gasteiger partial charge in [-0.15, -0.1) is 0 Å². The number of benzene rings is 1. The average Bonchev–Trinajstić information content (AvgIpc) is 2.36. The molecule has 1 aromatic carbocycles. The minimum Gasteiger partial charge on any atom is -0.351 e. The van der Waals surface area contributed by atoms with Gasteiger partial charge in [-0.05, 0) is 6.07 Å². The van der Waals surface area contributed by atoms with Crippen LogP contribution in [0.4, 0.5) is 15.8 Å². The van der Waals surface area contributed by atoms with Gasteiger partial charge in [0, 0.05) is 12.8 Å². The molecule has 0 unspecified atom stereocenters. The fourth-order valence-electron chi connectivity index (χ4n) is 1.45. The Hall–Kier alpha value is -2.27. The number of nitrogen functional groups attached to an aromatic ring is 1. The third-order valence-electron chi connectivity index (χ3n) is 2.44. The largest absolute Gasteiger partial charge is 0.351 e. The van der Waals surface area contributed by atoms with Crippen LogP contribution in [0.5, 0.6) is 0 Å². The van der Waals surface area contributed by atoms with E-state index < -0.39 is 37.7 Å². The number of halogens is 1. The molecule has 0 spiro atoms. The highest BCUT2D eigenvalue weighted by Gasteiger charge is 2.23. The summed E-state index contributed by atoms with van der Waals surface area (Å²) in [6.07, 6.45) is 0.982. The molecule has 0 saturated heterocycles. The first kappa shape index (κ1) is 16.8. The Balaban J connectivity index is 3.04. The number of nitro benzene ring substituents is 1. The Morgan fingerprint density at radius 3 is 2.57 bits per heavy atom. The van der Waals surface area contributed by atoms with Crippen LogP contribution in [0.15, 0.2) is 12.1 Å². The molecule has 116 valence electrons. The number of anilines is 1. The van der Waals surface area contributed by atoms with Crippen LogP contribution < -0.4 is 16.6 Å². The van der Waals surface area contributed by atoms with Gasteiger partial charge in [0.15, 0.2) is 5.82 Å². The molecular weight excluding hydrogens is 307 g/mol. The van der Waals surface area contributed by atoms with E-state index in [2.05, 4.69) is 5.32 Å². The molecular formula is C10H13FN4O5S. The molecule has 0 radical (unpaired) electrons. The van der Waals surface area contributed by atoms with Crippen molar-refractivity contribution >= 4 is 27.1 Å². The van der Waals surface area contributed by atoms with Crippen LogP contribution in [0, 0.1) is 15.9 Å². The van der Waals surface area contributed by atoms with E-state index in [9.17, 15) is 27.7 Å². The van der Waals surface area contributed by atoms with Crippen LogP contribution in [0.2, 0.25) is 0 Å². The van der Waals surface area contributed by atoms with Gasteiger partial charge in [0.05, 0.1) is 22.4 Å². The highest BCUT2D eigenvalue weighted by molar-refractivity contribution is 7.90. The summed E-state index contributed by atoms with van der Waals surface area (Å²) < 4.78 is 35.3. The lowest BCUT2D eigenvalue weighted by atomic mass is 10.1. The van der Waals surface area contributed by atoms with Crippen LogP contribution in [-0.4, -0.2) is 37.8 Å². The standard InChI is InChI=1S/C10H13FN4O5S/c1-21(19,20)3-2-13-10(16)6-4-8(14-12)7(11)5-9(6)15(17)18/h4-5,14H,2-3,12H2,1H3,(H,13,16). The maximum Gasteiger partial charge on any atom is 0.285 e. The van der Waals surface area contributed by atoms with Gasteiger partial charge in [-0.3, -0.25) is 20.8 Å². The van der Waals surface area contributed by atoms with Crippen LogP contribution in [-0.2, 0) is 9.84 Å². The van der Waals surface area contributed by atoms with Crippen molar-refractivity contribution in [1.82, 2.24) is 5.32 Å². The summed E-state index contributed by atoms with van der Waals surface area (Å²) in [6, 6.07) is 1.43. The zero-order chi connectivity index (χ0) is 16.2. The molecule has 1 rings (SSSR count). The van der Waals surface area contributed by atoms with E-state index in [0.29, 0.717) is 6.07 Å². The van der Waals surface area contributed by atoms with E-state index >= 15 is 0 Å². The number of rotatable bonds is 6. The zero-order valence-electron chi connectivity index (χ0n) is 10.9. The first-order valence-electron chi connectivity index (χ1n) is 5.56. The van der Waals surface area contributed by atoms with Crippen molar-refractivity contribution in [3.05, 3.63) is 33.6 Å². The molecule has 4 N–H and O–H groups in total. The lowest BCUT2D eigenvalue weighted by Gasteiger charge is -2.08. The number of hydrogen-bond donors (Lipinski definition) is 3. The van der Waals surface area contributed by atoms with Crippen LogP contribution in [0.1, 0.15) is 10.4 Å². The van der Waals surface area contributed by atoms with E-state index in [0.717, 1.165) is 12.3 Å². The van der Waals surface area contributed by atoms with Gasteiger partial charge < -0.3 is 10.7 Å². The van der Waals surface area contributed by atoms with E-state index in [1.54, 1.807) is 0 Å². The minimum atomic E-state index is -3.29. The lowest BCUT2D eigenvalue weighted by Crippen LogP contribution is -2.29. The monoisotopic (exact) mass is 320 g/mol. The molecule has 0 fully saturated rings. The number of hydrazine groups is 1. The molecule has 0 bridgehead atoms. The Morgan fingerprint density at radius 2 is 2.10 bits per heavy atom. The summed E-state index contributed by atoms with van der Waals surface area (Å²) >= 11 is 0. The van der Waals surface area contributed by atoms with Gasteiger partial charge in [0.2, 0.25) is 0 Å². The van der Waals surface area contributed by atoms with Crippen LogP contribution >= 0.6 is 0 Å². The smallest absolute Gasteiger partial charge is 0.285 e. The molecule has 0 saturated carbocycles. The highest BCUT2D eigenvalue weighted by atomic mass is 32.2. The molecule has 11 heteroatoms. The molecule has 0 atom stereocenters. The highest BCUT2D eigenvalue weighted by Crippen LogP contribution is 2.25. The first-order chi connectivity index (χ1) is 9.65. The Labute approximate surface area is 119 Å². The SMILES string of the molecule is CS(=O)(=O)CCNC(=O)c1cc(NN)c(F)cc1[N+](=O)[O-]. The summed E-state index contributed by atoms with van der Waals surface area (Å²) in [7, 11) is -3.29. The second-order valence-corrected chi connectivity index (χ2v) is 6.40. The molecule has 0 aliphatic carbocycles. The second-order valence-electron chi connectivity index (χ2n) is 4.14. The number of nitrogens with two attached hydrogens (primary N) is 1. The van der Waals surface area contributed by atoms with E-state index in [-0.39, 0.29) is 18.0 Å². The van der Waals surface area contributed by atoms with Gasteiger partial charge in [-0.2, -0.15) is 0 Å². The quantitative estimate of drug-likeness (QED) is 0.373. The molecule has 0 heterocycles. The van der Waals surface area contributed by atoms with Gasteiger partial charge >= 0.3 is 0 Å². The normalized spacial score (nSPS) is 11.0. The summed E-state index contributed by atoms with van der Waals surface area (Å²) in [6.45, 7) is -0.225. The fourth-order valence-corrected chi connectivity index (χ4v) is 1.92. The lowest BCUT2D eigenvalue weighted by molar-refractivity contribution is -0.385. The molecule has 1 amide bonds. The Kier molecular flexibility index (Phi) is 5.16. The van der Waals surface area contributed by atoms with Gasteiger partial charge in [-0.1, -0.05) is 0 Å². The van der Waals surface area contributed by atoms with Crippen molar-refractivity contribution < 1.29 is 22.5 Å².